The van der Waals surface area contributed by atoms with Crippen molar-refractivity contribution in [1.29, 1.82) is 0 Å². The first-order chi connectivity index (χ1) is 9.19. The fourth-order valence-corrected chi connectivity index (χ4v) is 2.45. The standard InChI is InChI=1S/C14H19ClN2O2.ClH/c1-16-9-14(18)17-10-6-7-13(12(15)8-10)19-11-4-2-3-5-11;/h6-8,11,16H,2-5,9H2,1H3,(H,17,18);1H. The minimum Gasteiger partial charge on any atom is -0.489 e. The number of benzene rings is 1. The highest BCUT2D eigenvalue weighted by molar-refractivity contribution is 6.32. The summed E-state index contributed by atoms with van der Waals surface area (Å²) in [5.74, 6) is 0.600. The Hall–Kier alpha value is -0.970. The van der Waals surface area contributed by atoms with E-state index in [-0.39, 0.29) is 31.0 Å². The van der Waals surface area contributed by atoms with Crippen LogP contribution in [0.5, 0.6) is 5.75 Å². The van der Waals surface area contributed by atoms with Crippen LogP contribution in [0, 0.1) is 0 Å². The van der Waals surface area contributed by atoms with Gasteiger partial charge >= 0.3 is 0 Å². The van der Waals surface area contributed by atoms with Gasteiger partial charge in [-0.05, 0) is 50.9 Å². The zero-order valence-corrected chi connectivity index (χ0v) is 13.0. The molecule has 0 spiro atoms. The van der Waals surface area contributed by atoms with Gasteiger partial charge in [-0.3, -0.25) is 4.79 Å². The summed E-state index contributed by atoms with van der Waals surface area (Å²) in [4.78, 5) is 11.4. The van der Waals surface area contributed by atoms with Gasteiger partial charge in [0.15, 0.2) is 0 Å². The number of likely N-dealkylation sites (N-methyl/N-ethyl adjacent to an activating group) is 1. The fraction of sp³-hybridized carbons (Fsp3) is 0.500. The van der Waals surface area contributed by atoms with E-state index < -0.39 is 0 Å². The highest BCUT2D eigenvalue weighted by Crippen LogP contribution is 2.31. The Morgan fingerprint density at radius 1 is 1.40 bits per heavy atom. The van der Waals surface area contributed by atoms with Gasteiger partial charge in [-0.2, -0.15) is 0 Å². The second kappa shape index (κ2) is 8.35. The highest BCUT2D eigenvalue weighted by Gasteiger charge is 2.17. The molecule has 1 saturated carbocycles. The van der Waals surface area contributed by atoms with Gasteiger partial charge in [-0.1, -0.05) is 11.6 Å². The number of anilines is 1. The first kappa shape index (κ1) is 17.1. The van der Waals surface area contributed by atoms with Gasteiger partial charge in [0.25, 0.3) is 0 Å². The lowest BCUT2D eigenvalue weighted by molar-refractivity contribution is -0.115. The van der Waals surface area contributed by atoms with Crippen molar-refractivity contribution in [2.24, 2.45) is 0 Å². The average Bonchev–Trinajstić information content (AvgIpc) is 2.86. The van der Waals surface area contributed by atoms with E-state index in [1.54, 1.807) is 13.1 Å². The molecule has 1 aromatic rings. The quantitative estimate of drug-likeness (QED) is 0.876. The third-order valence-corrected chi connectivity index (χ3v) is 3.44. The first-order valence-corrected chi connectivity index (χ1v) is 6.97. The number of hydrogen-bond acceptors (Lipinski definition) is 3. The van der Waals surface area contributed by atoms with Crippen molar-refractivity contribution >= 4 is 35.6 Å². The Morgan fingerprint density at radius 3 is 2.70 bits per heavy atom. The van der Waals surface area contributed by atoms with Crippen LogP contribution < -0.4 is 15.4 Å². The molecule has 1 aromatic carbocycles. The van der Waals surface area contributed by atoms with Gasteiger partial charge in [0, 0.05) is 5.69 Å². The summed E-state index contributed by atoms with van der Waals surface area (Å²) in [6.07, 6.45) is 4.91. The number of ether oxygens (including phenoxy) is 1. The van der Waals surface area contributed by atoms with Crippen LogP contribution in [0.25, 0.3) is 0 Å². The molecule has 112 valence electrons. The lowest BCUT2D eigenvalue weighted by Crippen LogP contribution is -2.25. The molecule has 1 fully saturated rings. The van der Waals surface area contributed by atoms with Gasteiger partial charge < -0.3 is 15.4 Å². The van der Waals surface area contributed by atoms with Crippen LogP contribution in [0.4, 0.5) is 5.69 Å². The monoisotopic (exact) mass is 318 g/mol. The van der Waals surface area contributed by atoms with Crippen molar-refractivity contribution in [3.8, 4) is 5.75 Å². The van der Waals surface area contributed by atoms with E-state index in [9.17, 15) is 4.79 Å². The number of amides is 1. The lowest BCUT2D eigenvalue weighted by atomic mass is 10.2. The Labute approximate surface area is 130 Å². The zero-order chi connectivity index (χ0) is 13.7. The van der Waals surface area contributed by atoms with E-state index in [0.717, 1.165) is 12.8 Å². The van der Waals surface area contributed by atoms with E-state index in [4.69, 9.17) is 16.3 Å². The second-order valence-corrected chi connectivity index (χ2v) is 5.16. The van der Waals surface area contributed by atoms with E-state index in [1.807, 2.05) is 12.1 Å². The summed E-state index contributed by atoms with van der Waals surface area (Å²) in [7, 11) is 1.73. The van der Waals surface area contributed by atoms with Crippen LogP contribution in [0.3, 0.4) is 0 Å². The fourth-order valence-electron chi connectivity index (χ4n) is 2.23. The predicted octanol–water partition coefficient (Wildman–Crippen LogP) is 3.24. The maximum Gasteiger partial charge on any atom is 0.238 e. The van der Waals surface area contributed by atoms with Crippen LogP contribution in [-0.4, -0.2) is 25.6 Å². The Bertz CT molecular complexity index is 449. The minimum absolute atomic E-state index is 0. The summed E-state index contributed by atoms with van der Waals surface area (Å²) in [5, 5.41) is 6.09. The summed E-state index contributed by atoms with van der Waals surface area (Å²) in [6, 6.07) is 5.35. The third-order valence-electron chi connectivity index (χ3n) is 3.15. The second-order valence-electron chi connectivity index (χ2n) is 4.75. The van der Waals surface area contributed by atoms with Crippen LogP contribution in [0.2, 0.25) is 5.02 Å². The van der Waals surface area contributed by atoms with Crippen molar-refractivity contribution in [2.45, 2.75) is 31.8 Å². The van der Waals surface area contributed by atoms with E-state index in [2.05, 4.69) is 10.6 Å². The van der Waals surface area contributed by atoms with Gasteiger partial charge in [-0.25, -0.2) is 0 Å². The maximum absolute atomic E-state index is 11.4. The molecular formula is C14H20Cl2N2O2. The number of hydrogen-bond donors (Lipinski definition) is 2. The summed E-state index contributed by atoms with van der Waals surface area (Å²) >= 11 is 6.18. The largest absolute Gasteiger partial charge is 0.489 e. The van der Waals surface area contributed by atoms with Crippen molar-refractivity contribution in [3.05, 3.63) is 23.2 Å². The van der Waals surface area contributed by atoms with Gasteiger partial charge in [0.2, 0.25) is 5.91 Å². The molecule has 0 aliphatic heterocycles. The molecule has 1 aliphatic carbocycles. The predicted molar refractivity (Wildman–Crippen MR) is 84.1 cm³/mol. The molecule has 0 heterocycles. The topological polar surface area (TPSA) is 50.4 Å². The number of halogens is 2. The molecule has 1 aliphatic rings. The Kier molecular flexibility index (Phi) is 7.13. The summed E-state index contributed by atoms with van der Waals surface area (Å²) in [6.45, 7) is 0.276. The smallest absolute Gasteiger partial charge is 0.238 e. The molecule has 0 bridgehead atoms. The molecular weight excluding hydrogens is 299 g/mol. The lowest BCUT2D eigenvalue weighted by Gasteiger charge is -2.15. The maximum atomic E-state index is 11.4. The molecule has 6 heteroatoms. The van der Waals surface area contributed by atoms with Crippen molar-refractivity contribution in [3.63, 3.8) is 0 Å². The first-order valence-electron chi connectivity index (χ1n) is 6.59. The Balaban J connectivity index is 0.00000200. The number of nitrogens with one attached hydrogen (secondary N) is 2. The number of carbonyl (C=O) groups is 1. The molecule has 1 amide bonds. The molecule has 20 heavy (non-hydrogen) atoms. The molecule has 0 saturated heterocycles. The van der Waals surface area contributed by atoms with Gasteiger partial charge in [-0.15, -0.1) is 12.4 Å². The molecule has 4 nitrogen and oxygen atoms in total. The van der Waals surface area contributed by atoms with Crippen molar-refractivity contribution in [1.82, 2.24) is 5.32 Å². The van der Waals surface area contributed by atoms with E-state index >= 15 is 0 Å². The molecule has 0 atom stereocenters. The van der Waals surface area contributed by atoms with Gasteiger partial charge in [0.1, 0.15) is 5.75 Å². The molecule has 0 aromatic heterocycles. The average molecular weight is 319 g/mol. The van der Waals surface area contributed by atoms with Crippen LogP contribution in [-0.2, 0) is 4.79 Å². The summed E-state index contributed by atoms with van der Waals surface area (Å²) in [5.41, 5.74) is 0.684. The van der Waals surface area contributed by atoms with Crippen molar-refractivity contribution < 1.29 is 9.53 Å². The zero-order valence-electron chi connectivity index (χ0n) is 11.4. The molecule has 2 N–H and O–H groups in total. The summed E-state index contributed by atoms with van der Waals surface area (Å²) < 4.78 is 5.86. The normalized spacial score (nSPS) is 14.7. The van der Waals surface area contributed by atoms with Crippen LogP contribution in [0.15, 0.2) is 18.2 Å². The minimum atomic E-state index is -0.0944. The Morgan fingerprint density at radius 2 is 2.10 bits per heavy atom. The van der Waals surface area contributed by atoms with E-state index in [0.29, 0.717) is 16.5 Å². The van der Waals surface area contributed by atoms with Gasteiger partial charge in [0.05, 0.1) is 17.7 Å². The molecule has 0 unspecified atom stereocenters. The third kappa shape index (κ3) is 4.85. The van der Waals surface area contributed by atoms with Crippen LogP contribution >= 0.6 is 24.0 Å². The molecule has 2 rings (SSSR count). The number of rotatable bonds is 5. The van der Waals surface area contributed by atoms with Crippen LogP contribution in [0.1, 0.15) is 25.7 Å². The highest BCUT2D eigenvalue weighted by atomic mass is 35.5. The van der Waals surface area contributed by atoms with E-state index in [1.165, 1.54) is 12.8 Å². The number of carbonyl (C=O) groups excluding carboxylic acids is 1. The SMILES string of the molecule is CNCC(=O)Nc1ccc(OC2CCCC2)c(Cl)c1.Cl. The molecule has 0 radical (unpaired) electrons. The van der Waals surface area contributed by atoms with Crippen molar-refractivity contribution in [2.75, 3.05) is 18.9 Å².